The largest absolute Gasteiger partial charge is 0.265 e. The topological polar surface area (TPSA) is 87.7 Å². The third kappa shape index (κ3) is 2.98. The van der Waals surface area contributed by atoms with Crippen molar-refractivity contribution in [3.8, 4) is 0 Å². The van der Waals surface area contributed by atoms with Crippen LogP contribution in [0.2, 0.25) is 5.02 Å². The highest BCUT2D eigenvalue weighted by Gasteiger charge is 2.17. The number of anilines is 1. The van der Waals surface area contributed by atoms with Crippen molar-refractivity contribution in [2.24, 2.45) is 0 Å². The molecule has 0 saturated heterocycles. The third-order valence-electron chi connectivity index (χ3n) is 2.89. The molecule has 6 nitrogen and oxygen atoms in total. The van der Waals surface area contributed by atoms with E-state index in [0.717, 1.165) is 0 Å². The monoisotopic (exact) mass is 322 g/mol. The number of aromatic nitrogens is 3. The molecule has 0 aliphatic heterocycles. The predicted molar refractivity (Wildman–Crippen MR) is 81.6 cm³/mol. The summed E-state index contributed by atoms with van der Waals surface area (Å²) in [6, 6.07) is 10.3. The maximum Gasteiger partial charge on any atom is 0.238 e. The van der Waals surface area contributed by atoms with Gasteiger partial charge in [0.25, 0.3) is 0 Å². The fraction of sp³-hybridized carbons (Fsp3) is 0.0769. The average Bonchev–Trinajstić information content (AvgIpc) is 2.84. The van der Waals surface area contributed by atoms with Gasteiger partial charge in [0.15, 0.2) is 11.5 Å². The van der Waals surface area contributed by atoms with E-state index in [4.69, 9.17) is 11.6 Å². The van der Waals surface area contributed by atoms with Gasteiger partial charge in [-0.3, -0.25) is 9.82 Å². The summed E-state index contributed by atoms with van der Waals surface area (Å²) in [5.41, 5.74) is 1.05. The molecule has 0 aliphatic carbocycles. The zero-order valence-corrected chi connectivity index (χ0v) is 12.3. The van der Waals surface area contributed by atoms with Crippen LogP contribution in [0, 0.1) is 0 Å². The molecule has 0 saturated carbocycles. The van der Waals surface area contributed by atoms with Crippen LogP contribution in [0.4, 0.5) is 5.82 Å². The number of pyridine rings is 1. The maximum absolute atomic E-state index is 12.2. The van der Waals surface area contributed by atoms with Gasteiger partial charge in [-0.1, -0.05) is 29.8 Å². The number of hydrogen-bond acceptors (Lipinski definition) is 4. The molecule has 3 aromatic rings. The number of nitrogens with one attached hydrogen (secondary N) is 2. The van der Waals surface area contributed by atoms with Crippen molar-refractivity contribution in [2.75, 3.05) is 4.72 Å². The van der Waals surface area contributed by atoms with E-state index in [2.05, 4.69) is 19.9 Å². The zero-order chi connectivity index (χ0) is 14.9. The van der Waals surface area contributed by atoms with Gasteiger partial charge in [-0.2, -0.15) is 5.10 Å². The van der Waals surface area contributed by atoms with Crippen molar-refractivity contribution in [2.45, 2.75) is 5.75 Å². The van der Waals surface area contributed by atoms with Gasteiger partial charge in [-0.25, -0.2) is 13.4 Å². The Morgan fingerprint density at radius 1 is 1.19 bits per heavy atom. The lowest BCUT2D eigenvalue weighted by Gasteiger charge is -2.07. The van der Waals surface area contributed by atoms with E-state index < -0.39 is 10.0 Å². The Bertz CT molecular complexity index is 892. The van der Waals surface area contributed by atoms with Crippen molar-refractivity contribution in [1.29, 1.82) is 0 Å². The molecular weight excluding hydrogens is 312 g/mol. The second kappa shape index (κ2) is 5.34. The predicted octanol–water partition coefficient (Wildman–Crippen LogP) is 2.55. The van der Waals surface area contributed by atoms with Gasteiger partial charge >= 0.3 is 0 Å². The van der Waals surface area contributed by atoms with Crippen LogP contribution < -0.4 is 4.72 Å². The Balaban J connectivity index is 1.88. The van der Waals surface area contributed by atoms with Crippen LogP contribution in [-0.4, -0.2) is 23.6 Å². The molecule has 3 rings (SSSR count). The summed E-state index contributed by atoms with van der Waals surface area (Å²) in [6.07, 6.45) is 1.60. The molecule has 0 unspecified atom stereocenters. The van der Waals surface area contributed by atoms with E-state index in [-0.39, 0.29) is 11.6 Å². The Morgan fingerprint density at radius 2 is 2.00 bits per heavy atom. The van der Waals surface area contributed by atoms with E-state index in [1.165, 1.54) is 0 Å². The van der Waals surface area contributed by atoms with Crippen molar-refractivity contribution < 1.29 is 8.42 Å². The first-order valence-corrected chi connectivity index (χ1v) is 8.11. The summed E-state index contributed by atoms with van der Waals surface area (Å²) in [5.74, 6) is 0.00605. The summed E-state index contributed by atoms with van der Waals surface area (Å²) >= 11 is 5.98. The number of rotatable bonds is 4. The Kier molecular flexibility index (Phi) is 3.52. The number of aromatic amines is 1. The molecule has 0 radical (unpaired) electrons. The average molecular weight is 323 g/mol. The molecule has 0 amide bonds. The molecule has 21 heavy (non-hydrogen) atoms. The standard InChI is InChI=1S/C13H11ClN4O2S/c14-11-6-2-1-4-9(11)8-21(19,20)18-13-10-5-3-7-15-12(10)16-17-13/h1-7H,8H2,(H2,15,16,17,18). The molecule has 0 atom stereocenters. The Hall–Kier alpha value is -2.12. The van der Waals surface area contributed by atoms with Crippen molar-refractivity contribution in [1.82, 2.24) is 15.2 Å². The first kappa shape index (κ1) is 13.8. The summed E-state index contributed by atoms with van der Waals surface area (Å²) < 4.78 is 26.9. The summed E-state index contributed by atoms with van der Waals surface area (Å²) in [7, 11) is -3.62. The van der Waals surface area contributed by atoms with Gasteiger partial charge in [0.2, 0.25) is 10.0 Å². The molecule has 2 aromatic heterocycles. The van der Waals surface area contributed by atoms with E-state index in [1.807, 2.05) is 0 Å². The minimum Gasteiger partial charge on any atom is -0.265 e. The minimum absolute atomic E-state index is 0.221. The third-order valence-corrected chi connectivity index (χ3v) is 4.46. The highest BCUT2D eigenvalue weighted by Crippen LogP contribution is 2.22. The van der Waals surface area contributed by atoms with Crippen LogP contribution in [0.15, 0.2) is 42.6 Å². The van der Waals surface area contributed by atoms with Crippen LogP contribution in [0.5, 0.6) is 0 Å². The molecule has 2 heterocycles. The van der Waals surface area contributed by atoms with Crippen LogP contribution in [-0.2, 0) is 15.8 Å². The smallest absolute Gasteiger partial charge is 0.238 e. The minimum atomic E-state index is -3.62. The molecule has 0 spiro atoms. The second-order valence-electron chi connectivity index (χ2n) is 4.42. The molecule has 2 N–H and O–H groups in total. The van der Waals surface area contributed by atoms with Crippen molar-refractivity contribution in [3.63, 3.8) is 0 Å². The fourth-order valence-electron chi connectivity index (χ4n) is 1.94. The van der Waals surface area contributed by atoms with E-state index in [0.29, 0.717) is 21.6 Å². The van der Waals surface area contributed by atoms with Gasteiger partial charge in [-0.05, 0) is 23.8 Å². The zero-order valence-electron chi connectivity index (χ0n) is 10.7. The van der Waals surface area contributed by atoms with Gasteiger partial charge < -0.3 is 0 Å². The van der Waals surface area contributed by atoms with Crippen LogP contribution in [0.3, 0.4) is 0 Å². The number of hydrogen-bond donors (Lipinski definition) is 2. The SMILES string of the molecule is O=S(=O)(Cc1ccccc1Cl)Nc1n[nH]c2ncccc12. The molecule has 8 heteroatoms. The lowest BCUT2D eigenvalue weighted by atomic mass is 10.2. The molecule has 1 aromatic carbocycles. The van der Waals surface area contributed by atoms with Crippen LogP contribution >= 0.6 is 11.6 Å². The van der Waals surface area contributed by atoms with E-state index in [9.17, 15) is 8.42 Å². The van der Waals surface area contributed by atoms with Gasteiger partial charge in [0.1, 0.15) is 0 Å². The number of halogens is 1. The summed E-state index contributed by atoms with van der Waals surface area (Å²) in [4.78, 5) is 4.06. The number of fused-ring (bicyclic) bond motifs is 1. The van der Waals surface area contributed by atoms with Gasteiger partial charge in [-0.15, -0.1) is 0 Å². The highest BCUT2D eigenvalue weighted by molar-refractivity contribution is 7.91. The molecular formula is C13H11ClN4O2S. The van der Waals surface area contributed by atoms with Crippen molar-refractivity contribution >= 4 is 38.5 Å². The fourth-order valence-corrected chi connectivity index (χ4v) is 3.40. The normalized spacial score (nSPS) is 11.7. The first-order chi connectivity index (χ1) is 10.1. The quantitative estimate of drug-likeness (QED) is 0.772. The van der Waals surface area contributed by atoms with Crippen molar-refractivity contribution in [3.05, 3.63) is 53.2 Å². The molecule has 0 aliphatic rings. The number of H-pyrrole nitrogens is 1. The van der Waals surface area contributed by atoms with Crippen LogP contribution in [0.25, 0.3) is 11.0 Å². The number of sulfonamides is 1. The van der Waals surface area contributed by atoms with E-state index in [1.54, 1.807) is 42.6 Å². The summed E-state index contributed by atoms with van der Waals surface area (Å²) in [5, 5.41) is 7.63. The van der Waals surface area contributed by atoms with E-state index >= 15 is 0 Å². The second-order valence-corrected chi connectivity index (χ2v) is 6.55. The lowest BCUT2D eigenvalue weighted by molar-refractivity contribution is 0.600. The van der Waals surface area contributed by atoms with Crippen LogP contribution in [0.1, 0.15) is 5.56 Å². The maximum atomic E-state index is 12.2. The highest BCUT2D eigenvalue weighted by atomic mass is 35.5. The first-order valence-electron chi connectivity index (χ1n) is 6.08. The number of nitrogens with zero attached hydrogens (tertiary/aromatic N) is 2. The van der Waals surface area contributed by atoms with Gasteiger partial charge in [0, 0.05) is 11.2 Å². The lowest BCUT2D eigenvalue weighted by Crippen LogP contribution is -2.15. The molecule has 108 valence electrons. The summed E-state index contributed by atoms with van der Waals surface area (Å²) in [6.45, 7) is 0. The molecule has 0 bridgehead atoms. The van der Waals surface area contributed by atoms with Gasteiger partial charge in [0.05, 0.1) is 11.1 Å². The number of benzene rings is 1. The Labute approximate surface area is 126 Å². The Morgan fingerprint density at radius 3 is 2.81 bits per heavy atom. The molecule has 0 fully saturated rings.